The Balaban J connectivity index is 1.49. The number of benzene rings is 1. The predicted octanol–water partition coefficient (Wildman–Crippen LogP) is 3.02. The number of nitrogens with zero attached hydrogens (tertiary/aromatic N) is 5. The van der Waals surface area contributed by atoms with Crippen LogP contribution in [0.3, 0.4) is 0 Å². The van der Waals surface area contributed by atoms with Crippen molar-refractivity contribution in [3.05, 3.63) is 82.4 Å². The number of morpholine rings is 1. The molecule has 0 radical (unpaired) electrons. The first-order chi connectivity index (χ1) is 17.3. The van der Waals surface area contributed by atoms with Gasteiger partial charge in [0.2, 0.25) is 0 Å². The highest BCUT2D eigenvalue weighted by molar-refractivity contribution is 5.97. The summed E-state index contributed by atoms with van der Waals surface area (Å²) in [6.07, 6.45) is -2.63. The lowest BCUT2D eigenvalue weighted by Gasteiger charge is -2.30. The van der Waals surface area contributed by atoms with Gasteiger partial charge in [0, 0.05) is 43.5 Å². The molecular weight excluding hydrogens is 475 g/mol. The van der Waals surface area contributed by atoms with Crippen LogP contribution in [0.2, 0.25) is 0 Å². The maximum Gasteiger partial charge on any atom is 0.417 e. The molecule has 0 bridgehead atoms. The number of aromatic nitrogens is 3. The van der Waals surface area contributed by atoms with Crippen LogP contribution in [-0.2, 0) is 30.4 Å². The first-order valence-corrected chi connectivity index (χ1v) is 11.6. The fourth-order valence-corrected chi connectivity index (χ4v) is 4.62. The van der Waals surface area contributed by atoms with Gasteiger partial charge in [0.15, 0.2) is 5.69 Å². The van der Waals surface area contributed by atoms with Gasteiger partial charge in [-0.25, -0.2) is 0 Å². The zero-order chi connectivity index (χ0) is 25.3. The van der Waals surface area contributed by atoms with Crippen molar-refractivity contribution in [2.75, 3.05) is 32.8 Å². The van der Waals surface area contributed by atoms with Crippen molar-refractivity contribution in [1.82, 2.24) is 24.6 Å². The smallest absolute Gasteiger partial charge is 0.378 e. The van der Waals surface area contributed by atoms with Crippen molar-refractivity contribution >= 4 is 11.8 Å². The summed E-state index contributed by atoms with van der Waals surface area (Å²) in [5.74, 6) is -1.00. The van der Waals surface area contributed by atoms with Gasteiger partial charge in [-0.3, -0.25) is 19.3 Å². The molecule has 2 aliphatic rings. The topological polar surface area (TPSA) is 80.6 Å². The second-order valence-electron chi connectivity index (χ2n) is 8.68. The van der Waals surface area contributed by atoms with Crippen LogP contribution in [0.25, 0.3) is 0 Å². The van der Waals surface area contributed by atoms with Crippen LogP contribution in [0.1, 0.15) is 43.4 Å². The molecule has 1 fully saturated rings. The van der Waals surface area contributed by atoms with Crippen LogP contribution in [0, 0.1) is 0 Å². The molecule has 2 amide bonds. The van der Waals surface area contributed by atoms with Crippen molar-refractivity contribution in [3.63, 3.8) is 0 Å². The highest BCUT2D eigenvalue weighted by Crippen LogP contribution is 2.33. The summed E-state index contributed by atoms with van der Waals surface area (Å²) >= 11 is 0. The van der Waals surface area contributed by atoms with E-state index < -0.39 is 23.2 Å². The Kier molecular flexibility index (Phi) is 6.48. The number of amides is 2. The fraction of sp³-hybridized carbons (Fsp3) is 0.360. The quantitative estimate of drug-likeness (QED) is 0.552. The lowest BCUT2D eigenvalue weighted by molar-refractivity contribution is -0.138. The monoisotopic (exact) mass is 499 g/mol. The average Bonchev–Trinajstić information content (AvgIpc) is 3.26. The molecular formula is C25H24F3N5O3. The van der Waals surface area contributed by atoms with E-state index in [4.69, 9.17) is 4.74 Å². The lowest BCUT2D eigenvalue weighted by Crippen LogP contribution is -2.42. The third kappa shape index (κ3) is 4.70. The van der Waals surface area contributed by atoms with E-state index in [2.05, 4.69) is 10.1 Å². The zero-order valence-electron chi connectivity index (χ0n) is 19.4. The number of pyridine rings is 1. The Labute approximate surface area is 205 Å². The molecule has 8 nitrogen and oxygen atoms in total. The normalized spacial score (nSPS) is 16.1. The minimum Gasteiger partial charge on any atom is -0.378 e. The van der Waals surface area contributed by atoms with Gasteiger partial charge in [-0.2, -0.15) is 18.3 Å². The van der Waals surface area contributed by atoms with Gasteiger partial charge < -0.3 is 14.5 Å². The molecule has 1 aromatic carbocycles. The van der Waals surface area contributed by atoms with Gasteiger partial charge in [0.1, 0.15) is 0 Å². The highest BCUT2D eigenvalue weighted by atomic mass is 19.4. The molecule has 2 aromatic heterocycles. The van der Waals surface area contributed by atoms with E-state index in [1.807, 2.05) is 12.1 Å². The standard InChI is InChI=1S/C25H24F3N5O3/c26-25(27,28)20-7-2-1-6-18(20)23(34)32-10-8-21-19(16-32)22(24(35)31-11-13-36-14-12-31)30-33(21)15-17-5-3-4-9-29-17/h1-7,9H,8,10-16H2. The van der Waals surface area contributed by atoms with Crippen molar-refractivity contribution in [3.8, 4) is 0 Å². The summed E-state index contributed by atoms with van der Waals surface area (Å²) in [4.78, 5) is 34.0. The number of rotatable bonds is 4. The Bertz CT molecular complexity index is 1270. The van der Waals surface area contributed by atoms with Gasteiger partial charge in [-0.1, -0.05) is 18.2 Å². The molecule has 0 atom stereocenters. The maximum atomic E-state index is 13.6. The minimum atomic E-state index is -4.65. The van der Waals surface area contributed by atoms with Crippen LogP contribution in [0.4, 0.5) is 13.2 Å². The minimum absolute atomic E-state index is 0.00596. The SMILES string of the molecule is O=C(c1ccccc1C(F)(F)F)N1CCc2c(c(C(=O)N3CCOCC3)nn2Cc2ccccn2)C1. The van der Waals surface area contributed by atoms with E-state index in [1.165, 1.54) is 23.1 Å². The highest BCUT2D eigenvalue weighted by Gasteiger charge is 2.38. The van der Waals surface area contributed by atoms with Crippen LogP contribution in [-0.4, -0.2) is 69.2 Å². The number of carbonyl (C=O) groups is 2. The van der Waals surface area contributed by atoms with Crippen LogP contribution >= 0.6 is 0 Å². The van der Waals surface area contributed by atoms with E-state index in [1.54, 1.807) is 21.8 Å². The van der Waals surface area contributed by atoms with Crippen LogP contribution in [0.5, 0.6) is 0 Å². The van der Waals surface area contributed by atoms with Crippen molar-refractivity contribution in [1.29, 1.82) is 0 Å². The van der Waals surface area contributed by atoms with E-state index in [0.717, 1.165) is 17.5 Å². The number of hydrogen-bond acceptors (Lipinski definition) is 5. The average molecular weight is 499 g/mol. The third-order valence-electron chi connectivity index (χ3n) is 6.42. The number of halogens is 3. The molecule has 0 aliphatic carbocycles. The van der Waals surface area contributed by atoms with Crippen molar-refractivity contribution < 1.29 is 27.5 Å². The summed E-state index contributed by atoms with van der Waals surface area (Å²) in [6, 6.07) is 10.3. The summed E-state index contributed by atoms with van der Waals surface area (Å²) in [5, 5.41) is 4.61. The Morgan fingerprint density at radius 1 is 0.944 bits per heavy atom. The molecule has 0 N–H and O–H groups in total. The molecule has 188 valence electrons. The summed E-state index contributed by atoms with van der Waals surface area (Å²) in [7, 11) is 0. The Morgan fingerprint density at radius 3 is 2.42 bits per heavy atom. The second-order valence-corrected chi connectivity index (χ2v) is 8.68. The number of fused-ring (bicyclic) bond motifs is 1. The largest absolute Gasteiger partial charge is 0.417 e. The van der Waals surface area contributed by atoms with Crippen molar-refractivity contribution in [2.24, 2.45) is 0 Å². The Hall–Kier alpha value is -3.73. The molecule has 36 heavy (non-hydrogen) atoms. The fourth-order valence-electron chi connectivity index (χ4n) is 4.62. The maximum absolute atomic E-state index is 13.6. The van der Waals surface area contributed by atoms with E-state index in [9.17, 15) is 22.8 Å². The Morgan fingerprint density at radius 2 is 1.69 bits per heavy atom. The molecule has 0 spiro atoms. The van der Waals surface area contributed by atoms with Crippen LogP contribution < -0.4 is 0 Å². The van der Waals surface area contributed by atoms with Gasteiger partial charge in [-0.15, -0.1) is 0 Å². The van der Waals surface area contributed by atoms with Gasteiger partial charge in [0.05, 0.1) is 43.1 Å². The number of ether oxygens (including phenoxy) is 1. The molecule has 11 heteroatoms. The predicted molar refractivity (Wildman–Crippen MR) is 122 cm³/mol. The van der Waals surface area contributed by atoms with Crippen LogP contribution in [0.15, 0.2) is 48.7 Å². The summed E-state index contributed by atoms with van der Waals surface area (Å²) in [6.45, 7) is 2.21. The molecule has 4 heterocycles. The molecule has 0 unspecified atom stereocenters. The van der Waals surface area contributed by atoms with E-state index >= 15 is 0 Å². The van der Waals surface area contributed by atoms with Gasteiger partial charge in [-0.05, 0) is 24.3 Å². The zero-order valence-corrected chi connectivity index (χ0v) is 19.4. The van der Waals surface area contributed by atoms with Crippen molar-refractivity contribution in [2.45, 2.75) is 25.7 Å². The van der Waals surface area contributed by atoms with Gasteiger partial charge in [0.25, 0.3) is 11.8 Å². The van der Waals surface area contributed by atoms with E-state index in [-0.39, 0.29) is 24.7 Å². The molecule has 0 saturated carbocycles. The summed E-state index contributed by atoms with van der Waals surface area (Å²) in [5.41, 5.74) is 0.929. The summed E-state index contributed by atoms with van der Waals surface area (Å²) < 4.78 is 47.7. The number of alkyl halides is 3. The lowest BCUT2D eigenvalue weighted by atomic mass is 10.0. The first-order valence-electron chi connectivity index (χ1n) is 11.6. The second kappa shape index (κ2) is 9.73. The number of carbonyl (C=O) groups excluding carboxylic acids is 2. The van der Waals surface area contributed by atoms with Gasteiger partial charge >= 0.3 is 6.18 Å². The third-order valence-corrected chi connectivity index (χ3v) is 6.42. The molecule has 5 rings (SSSR count). The molecule has 1 saturated heterocycles. The molecule has 2 aliphatic heterocycles. The molecule has 3 aromatic rings. The number of hydrogen-bond donors (Lipinski definition) is 0. The first kappa shape index (κ1) is 24.0. The van der Waals surface area contributed by atoms with E-state index in [0.29, 0.717) is 44.8 Å².